The van der Waals surface area contributed by atoms with E-state index in [1.54, 1.807) is 18.2 Å². The number of rotatable bonds is 8. The van der Waals surface area contributed by atoms with Gasteiger partial charge in [0.25, 0.3) is 0 Å². The number of pyridine rings is 1. The monoisotopic (exact) mass is 503 g/mol. The maximum Gasteiger partial charge on any atom is 0.211 e. The maximum absolute atomic E-state index is 13.9. The van der Waals surface area contributed by atoms with Gasteiger partial charge in [-0.25, -0.2) is 4.98 Å². The maximum atomic E-state index is 13.9. The molecule has 0 aliphatic carbocycles. The van der Waals surface area contributed by atoms with Gasteiger partial charge in [-0.15, -0.1) is 0 Å². The average Bonchev–Trinajstić information content (AvgIpc) is 2.96. The van der Waals surface area contributed by atoms with Crippen molar-refractivity contribution < 1.29 is 9.59 Å². The van der Waals surface area contributed by atoms with E-state index in [4.69, 9.17) is 0 Å². The van der Waals surface area contributed by atoms with Crippen LogP contribution >= 0.6 is 15.8 Å². The number of hydrogen-bond donors (Lipinski definition) is 0. The lowest BCUT2D eigenvalue weighted by Gasteiger charge is -2.19. The van der Waals surface area contributed by atoms with Gasteiger partial charge in [0.05, 0.1) is 0 Å². The molecule has 0 aliphatic rings. The first-order valence-corrected chi connectivity index (χ1v) is 14.3. The van der Waals surface area contributed by atoms with Gasteiger partial charge in [0, 0.05) is 15.8 Å². The molecule has 0 spiro atoms. The Labute approximate surface area is 213 Å². The Bertz CT molecular complexity index is 1270. The molecule has 5 rings (SSSR count). The summed E-state index contributed by atoms with van der Waals surface area (Å²) in [6, 6.07) is 44.4. The Morgan fingerprint density at radius 1 is 0.389 bits per heavy atom. The van der Waals surface area contributed by atoms with Crippen LogP contribution in [0.4, 0.5) is 0 Å². The van der Waals surface area contributed by atoms with Crippen molar-refractivity contribution in [1.82, 2.24) is 4.98 Å². The minimum Gasteiger partial charge on any atom is -0.287 e. The minimum atomic E-state index is -1.33. The van der Waals surface area contributed by atoms with Crippen LogP contribution in [0.15, 0.2) is 140 Å². The number of nitrogens with zero attached hydrogens (tertiary/aromatic N) is 1. The molecule has 1 aromatic heterocycles. The van der Waals surface area contributed by atoms with E-state index >= 15 is 0 Å². The summed E-state index contributed by atoms with van der Waals surface area (Å²) in [4.78, 5) is 32.4. The Balaban J connectivity index is 1.54. The first-order valence-electron chi connectivity index (χ1n) is 11.6. The predicted octanol–water partition coefficient (Wildman–Crippen LogP) is 5.63. The summed E-state index contributed by atoms with van der Waals surface area (Å²) >= 11 is 0. The van der Waals surface area contributed by atoms with E-state index in [9.17, 15) is 9.59 Å². The van der Waals surface area contributed by atoms with Crippen LogP contribution < -0.4 is 21.2 Å². The fourth-order valence-electron chi connectivity index (χ4n) is 3.98. The molecule has 3 nitrogen and oxygen atoms in total. The normalized spacial score (nSPS) is 10.9. The summed E-state index contributed by atoms with van der Waals surface area (Å²) in [5.74, 6) is 0. The zero-order valence-electron chi connectivity index (χ0n) is 19.4. The quantitative estimate of drug-likeness (QED) is 0.258. The second kappa shape index (κ2) is 11.3. The topological polar surface area (TPSA) is 47.0 Å². The van der Waals surface area contributed by atoms with Gasteiger partial charge in [-0.2, -0.15) is 0 Å². The average molecular weight is 503 g/mol. The molecule has 0 unspecified atom stereocenters. The summed E-state index contributed by atoms with van der Waals surface area (Å²) in [5, 5.41) is 3.83. The van der Waals surface area contributed by atoms with Crippen molar-refractivity contribution in [2.45, 2.75) is 0 Å². The van der Waals surface area contributed by atoms with Crippen LogP contribution in [-0.2, 0) is 0 Å². The summed E-state index contributed by atoms with van der Waals surface area (Å²) in [6.45, 7) is 0. The summed E-state index contributed by atoms with van der Waals surface area (Å²) in [6.07, 6.45) is 0. The van der Waals surface area contributed by atoms with Gasteiger partial charge in [0.1, 0.15) is 11.4 Å². The lowest BCUT2D eigenvalue weighted by Crippen LogP contribution is -2.21. The number of aromatic nitrogens is 1. The van der Waals surface area contributed by atoms with Crippen LogP contribution in [0, 0.1) is 0 Å². The van der Waals surface area contributed by atoms with E-state index in [1.165, 1.54) is 0 Å². The molecule has 0 fully saturated rings. The Kier molecular flexibility index (Phi) is 7.52. The highest BCUT2D eigenvalue weighted by atomic mass is 31.1. The standard InChI is InChI=1S/C31H23NO2P2/c33-30(35(24-14-5-1-6-15-24)25-16-7-2-8-17-25)28-22-13-23-29(32-28)31(34)36(26-18-9-3-10-19-26)27-20-11-4-12-21-27/h1-23H. The highest BCUT2D eigenvalue weighted by molar-refractivity contribution is 7.88. The minimum absolute atomic E-state index is 0.0687. The van der Waals surface area contributed by atoms with Crippen LogP contribution in [-0.4, -0.2) is 16.0 Å². The van der Waals surface area contributed by atoms with Crippen LogP contribution in [0.1, 0.15) is 21.0 Å². The van der Waals surface area contributed by atoms with Gasteiger partial charge in [-0.05, 0) is 33.4 Å². The second-order valence-corrected chi connectivity index (χ2v) is 12.3. The molecule has 5 heteroatoms. The molecule has 5 aromatic rings. The van der Waals surface area contributed by atoms with E-state index in [2.05, 4.69) is 4.98 Å². The van der Waals surface area contributed by atoms with E-state index in [0.717, 1.165) is 21.2 Å². The third-order valence-corrected chi connectivity index (χ3v) is 10.2. The fourth-order valence-corrected chi connectivity index (χ4v) is 8.10. The number of hydrogen-bond acceptors (Lipinski definition) is 3. The van der Waals surface area contributed by atoms with E-state index < -0.39 is 15.8 Å². The molecule has 0 bridgehead atoms. The van der Waals surface area contributed by atoms with Crippen molar-refractivity contribution in [1.29, 1.82) is 0 Å². The van der Waals surface area contributed by atoms with E-state index in [-0.39, 0.29) is 11.0 Å². The molecule has 0 saturated carbocycles. The molecule has 0 amide bonds. The summed E-state index contributed by atoms with van der Waals surface area (Å²) in [5.41, 5.74) is 0.494. The van der Waals surface area contributed by atoms with Gasteiger partial charge < -0.3 is 0 Å². The summed E-state index contributed by atoms with van der Waals surface area (Å²) < 4.78 is 0. The van der Waals surface area contributed by atoms with Crippen molar-refractivity contribution in [3.63, 3.8) is 0 Å². The smallest absolute Gasteiger partial charge is 0.211 e. The molecule has 4 aromatic carbocycles. The molecule has 36 heavy (non-hydrogen) atoms. The zero-order chi connectivity index (χ0) is 24.7. The van der Waals surface area contributed by atoms with Crippen LogP contribution in [0.2, 0.25) is 0 Å². The highest BCUT2D eigenvalue weighted by Crippen LogP contribution is 2.39. The lowest BCUT2D eigenvalue weighted by molar-refractivity contribution is 0.107. The Hall–Kier alpha value is -3.77. The molecule has 174 valence electrons. The van der Waals surface area contributed by atoms with Crippen LogP contribution in [0.25, 0.3) is 0 Å². The summed E-state index contributed by atoms with van der Waals surface area (Å²) in [7, 11) is -2.66. The van der Waals surface area contributed by atoms with Crippen molar-refractivity contribution >= 4 is 48.1 Å². The van der Waals surface area contributed by atoms with Crippen molar-refractivity contribution in [2.75, 3.05) is 0 Å². The zero-order valence-corrected chi connectivity index (χ0v) is 21.2. The van der Waals surface area contributed by atoms with Crippen LogP contribution in [0.3, 0.4) is 0 Å². The first-order chi connectivity index (χ1) is 17.7. The van der Waals surface area contributed by atoms with Crippen molar-refractivity contribution in [2.24, 2.45) is 0 Å². The number of carbonyl (C=O) groups excluding carboxylic acids is 2. The number of carbonyl (C=O) groups is 2. The first kappa shape index (κ1) is 23.9. The molecule has 1 heterocycles. The second-order valence-electron chi connectivity index (χ2n) is 8.03. The molecule has 0 N–H and O–H groups in total. The van der Waals surface area contributed by atoms with Gasteiger partial charge in [0.15, 0.2) is 0 Å². The van der Waals surface area contributed by atoms with Crippen LogP contribution in [0.5, 0.6) is 0 Å². The Morgan fingerprint density at radius 3 is 0.944 bits per heavy atom. The van der Waals surface area contributed by atoms with Gasteiger partial charge >= 0.3 is 0 Å². The third kappa shape index (κ3) is 5.24. The van der Waals surface area contributed by atoms with Gasteiger partial charge in [0.2, 0.25) is 11.0 Å². The Morgan fingerprint density at radius 2 is 0.667 bits per heavy atom. The van der Waals surface area contributed by atoms with E-state index in [1.807, 2.05) is 121 Å². The third-order valence-electron chi connectivity index (χ3n) is 5.65. The lowest BCUT2D eigenvalue weighted by atomic mass is 10.3. The van der Waals surface area contributed by atoms with Crippen molar-refractivity contribution in [3.8, 4) is 0 Å². The SMILES string of the molecule is O=C(c1cccc(C(=O)P(c2ccccc2)c2ccccc2)n1)P(c1ccccc1)c1ccccc1. The largest absolute Gasteiger partial charge is 0.287 e. The molecule has 0 aliphatic heterocycles. The molecular formula is C31H23NO2P2. The fraction of sp³-hybridized carbons (Fsp3) is 0. The molecule has 0 radical (unpaired) electrons. The van der Waals surface area contributed by atoms with Gasteiger partial charge in [-0.3, -0.25) is 9.59 Å². The molecule has 0 saturated heterocycles. The predicted molar refractivity (Wildman–Crippen MR) is 151 cm³/mol. The highest BCUT2D eigenvalue weighted by Gasteiger charge is 2.28. The number of benzene rings is 4. The van der Waals surface area contributed by atoms with Crippen molar-refractivity contribution in [3.05, 3.63) is 151 Å². The van der Waals surface area contributed by atoms with Gasteiger partial charge in [-0.1, -0.05) is 127 Å². The molecule has 0 atom stereocenters. The van der Waals surface area contributed by atoms with E-state index in [0.29, 0.717) is 11.4 Å². The molecular weight excluding hydrogens is 480 g/mol.